The largest absolute Gasteiger partial charge is 0.456 e. The molecule has 14 heteroatoms. The van der Waals surface area contributed by atoms with Gasteiger partial charge in [-0.3, -0.25) is 0 Å². The molecule has 0 atom stereocenters. The molecule has 0 radical (unpaired) electrons. The van der Waals surface area contributed by atoms with E-state index in [1.807, 2.05) is 0 Å². The molecule has 0 saturated heterocycles. The van der Waals surface area contributed by atoms with E-state index in [4.69, 9.17) is 20.7 Å². The van der Waals surface area contributed by atoms with E-state index < -0.39 is 8.25 Å². The zero-order chi connectivity index (χ0) is 16.7. The van der Waals surface area contributed by atoms with Crippen LogP contribution in [-0.2, 0) is 4.57 Å². The molecule has 0 aliphatic rings. The van der Waals surface area contributed by atoms with Crippen molar-refractivity contribution in [1.29, 1.82) is 0 Å². The minimum absolute atomic E-state index is 0.177. The third-order valence-electron chi connectivity index (χ3n) is 3.01. The van der Waals surface area contributed by atoms with Crippen molar-refractivity contribution in [3.05, 3.63) is 25.3 Å². The van der Waals surface area contributed by atoms with Crippen LogP contribution in [0.3, 0.4) is 0 Å². The molecule has 4 N–H and O–H groups in total. The number of fused-ring (bicyclic) bond motifs is 2. The van der Waals surface area contributed by atoms with Gasteiger partial charge in [0.25, 0.3) is 0 Å². The van der Waals surface area contributed by atoms with Crippen LogP contribution in [0.15, 0.2) is 25.3 Å². The molecule has 0 aliphatic heterocycles. The lowest BCUT2D eigenvalue weighted by Gasteiger charge is -2.08. The van der Waals surface area contributed by atoms with Crippen LogP contribution in [0.5, 0.6) is 0 Å². The fourth-order valence-electron chi connectivity index (χ4n) is 1.98. The van der Waals surface area contributed by atoms with E-state index in [9.17, 15) is 4.57 Å². The smallest absolute Gasteiger partial charge is 0.382 e. The van der Waals surface area contributed by atoms with Crippen molar-refractivity contribution in [2.45, 2.75) is 0 Å². The van der Waals surface area contributed by atoms with Gasteiger partial charge in [-0.15, -0.1) is 9.46 Å². The monoisotopic (exact) mass is 348 g/mol. The Morgan fingerprint density at radius 1 is 0.792 bits per heavy atom. The molecule has 0 aromatic carbocycles. The predicted octanol–water partition coefficient (Wildman–Crippen LogP) is -0.923. The summed E-state index contributed by atoms with van der Waals surface area (Å²) in [5.74, 6) is 0.353. The van der Waals surface area contributed by atoms with E-state index >= 15 is 0 Å². The van der Waals surface area contributed by atoms with Gasteiger partial charge in [0.15, 0.2) is 22.7 Å². The Morgan fingerprint density at radius 3 is 1.71 bits per heavy atom. The van der Waals surface area contributed by atoms with Crippen molar-refractivity contribution in [1.82, 2.24) is 39.4 Å². The number of anilines is 2. The fraction of sp³-hybridized carbons (Fsp3) is 0. The molecule has 0 saturated carbocycles. The van der Waals surface area contributed by atoms with E-state index in [0.717, 1.165) is 9.46 Å². The Bertz CT molecular complexity index is 991. The van der Waals surface area contributed by atoms with Crippen molar-refractivity contribution in [2.75, 3.05) is 11.5 Å². The van der Waals surface area contributed by atoms with E-state index in [1.165, 1.54) is 25.3 Å². The standard InChI is InChI=1S/C10H9N10O3P/c11-7-5-9(15-1-13-7)19(3-17-5)22-24(21)23-20-4-18-6-8(12)14-2-16-10(6)20/h1-4,24H,(H2,11,13,15)(H2,12,14,16). The van der Waals surface area contributed by atoms with Crippen molar-refractivity contribution >= 4 is 42.2 Å². The molecule has 122 valence electrons. The minimum atomic E-state index is -3.05. The lowest BCUT2D eigenvalue weighted by molar-refractivity contribution is 0.201. The van der Waals surface area contributed by atoms with Crippen LogP contribution in [0.2, 0.25) is 0 Å². The first kappa shape index (κ1) is 14.1. The van der Waals surface area contributed by atoms with Crippen molar-refractivity contribution in [3.8, 4) is 0 Å². The predicted molar refractivity (Wildman–Crippen MR) is 81.6 cm³/mol. The van der Waals surface area contributed by atoms with Gasteiger partial charge in [0.1, 0.15) is 25.3 Å². The second-order valence-corrected chi connectivity index (χ2v) is 5.30. The minimum Gasteiger partial charge on any atom is -0.382 e. The summed E-state index contributed by atoms with van der Waals surface area (Å²) in [6, 6.07) is 0. The number of imidazole rings is 2. The lowest BCUT2D eigenvalue weighted by atomic mass is 10.5. The summed E-state index contributed by atoms with van der Waals surface area (Å²) in [7, 11) is -3.05. The van der Waals surface area contributed by atoms with E-state index in [0.29, 0.717) is 11.0 Å². The Kier molecular flexibility index (Phi) is 3.13. The fourth-order valence-corrected chi connectivity index (χ4v) is 2.60. The number of rotatable bonds is 4. The van der Waals surface area contributed by atoms with Crippen LogP contribution >= 0.6 is 8.25 Å². The Hall–Kier alpha value is -3.47. The maximum atomic E-state index is 12.1. The van der Waals surface area contributed by atoms with Crippen LogP contribution in [0.25, 0.3) is 22.3 Å². The molecule has 4 rings (SSSR count). The molecule has 0 spiro atoms. The number of hydrogen-bond acceptors (Lipinski definition) is 11. The molecule has 4 aromatic rings. The van der Waals surface area contributed by atoms with Crippen molar-refractivity contribution in [2.24, 2.45) is 0 Å². The zero-order valence-electron chi connectivity index (χ0n) is 11.8. The molecule has 24 heavy (non-hydrogen) atoms. The highest BCUT2D eigenvalue weighted by Gasteiger charge is 2.14. The third kappa shape index (κ3) is 2.23. The first-order valence-electron chi connectivity index (χ1n) is 6.41. The van der Waals surface area contributed by atoms with Gasteiger partial charge in [0, 0.05) is 0 Å². The van der Waals surface area contributed by atoms with Gasteiger partial charge in [-0.25, -0.2) is 34.5 Å². The van der Waals surface area contributed by atoms with Gasteiger partial charge in [-0.1, -0.05) is 0 Å². The van der Waals surface area contributed by atoms with Gasteiger partial charge < -0.3 is 20.7 Å². The highest BCUT2D eigenvalue weighted by Crippen LogP contribution is 2.22. The molecule has 4 heterocycles. The number of nitrogen functional groups attached to an aromatic ring is 2. The normalized spacial score (nSPS) is 11.4. The Labute approximate surface area is 133 Å². The second kappa shape index (κ2) is 5.31. The van der Waals surface area contributed by atoms with E-state index in [1.54, 1.807) is 0 Å². The molecular weight excluding hydrogens is 339 g/mol. The molecule has 0 fully saturated rings. The number of hydrogen-bond donors (Lipinski definition) is 2. The maximum Gasteiger partial charge on any atom is 0.456 e. The first-order chi connectivity index (χ1) is 11.6. The lowest BCUT2D eigenvalue weighted by Crippen LogP contribution is -2.11. The van der Waals surface area contributed by atoms with Gasteiger partial charge in [0.2, 0.25) is 11.3 Å². The molecule has 0 bridgehead atoms. The highest BCUT2D eigenvalue weighted by molar-refractivity contribution is 7.33. The quantitative estimate of drug-likeness (QED) is 0.436. The SMILES string of the molecule is Nc1ncnc2c1ncn2O[PH](=O)On1cnc2c(N)ncnc21. The van der Waals surface area contributed by atoms with Crippen molar-refractivity contribution in [3.63, 3.8) is 0 Å². The van der Waals surface area contributed by atoms with Crippen LogP contribution in [0.1, 0.15) is 0 Å². The van der Waals surface area contributed by atoms with Gasteiger partial charge in [-0.2, -0.15) is 0 Å². The topological polar surface area (TPSA) is 175 Å². The average molecular weight is 348 g/mol. The van der Waals surface area contributed by atoms with E-state index in [-0.39, 0.29) is 22.9 Å². The summed E-state index contributed by atoms with van der Waals surface area (Å²) in [4.78, 5) is 23.5. The Balaban J connectivity index is 1.60. The van der Waals surface area contributed by atoms with Crippen LogP contribution in [0.4, 0.5) is 11.6 Å². The van der Waals surface area contributed by atoms with Gasteiger partial charge in [0.05, 0.1) is 0 Å². The summed E-state index contributed by atoms with van der Waals surface area (Å²) in [6.45, 7) is 0. The summed E-state index contributed by atoms with van der Waals surface area (Å²) in [6.07, 6.45) is 4.99. The Morgan fingerprint density at radius 2 is 1.25 bits per heavy atom. The maximum absolute atomic E-state index is 12.1. The molecular formula is C10H9N10O3P. The number of aromatic nitrogens is 8. The first-order valence-corrected chi connectivity index (χ1v) is 7.63. The second-order valence-electron chi connectivity index (χ2n) is 4.44. The molecule has 0 amide bonds. The van der Waals surface area contributed by atoms with Crippen molar-refractivity contribution < 1.29 is 13.8 Å². The summed E-state index contributed by atoms with van der Waals surface area (Å²) in [5, 5.41) is 0. The third-order valence-corrected chi connectivity index (χ3v) is 3.70. The highest BCUT2D eigenvalue weighted by atomic mass is 31.1. The van der Waals surface area contributed by atoms with Crippen LogP contribution < -0.4 is 20.7 Å². The summed E-state index contributed by atoms with van der Waals surface area (Å²) < 4.78 is 24.7. The zero-order valence-corrected chi connectivity index (χ0v) is 12.8. The number of nitrogens with zero attached hydrogens (tertiary/aromatic N) is 8. The summed E-state index contributed by atoms with van der Waals surface area (Å²) >= 11 is 0. The summed E-state index contributed by atoms with van der Waals surface area (Å²) in [5.41, 5.74) is 12.5. The van der Waals surface area contributed by atoms with Gasteiger partial charge in [-0.05, 0) is 0 Å². The molecule has 0 aliphatic carbocycles. The molecule has 13 nitrogen and oxygen atoms in total. The molecule has 4 aromatic heterocycles. The van der Waals surface area contributed by atoms with E-state index in [2.05, 4.69) is 29.9 Å². The van der Waals surface area contributed by atoms with Crippen LogP contribution in [-0.4, -0.2) is 39.4 Å². The van der Waals surface area contributed by atoms with Gasteiger partial charge >= 0.3 is 8.25 Å². The van der Waals surface area contributed by atoms with Crippen LogP contribution in [0, 0.1) is 0 Å². The average Bonchev–Trinajstić information content (AvgIpc) is 3.15. The number of nitrogens with two attached hydrogens (primary N) is 2. The molecule has 0 unspecified atom stereocenters.